The van der Waals surface area contributed by atoms with Crippen LogP contribution in [0.1, 0.15) is 28.7 Å². The van der Waals surface area contributed by atoms with Crippen LogP contribution in [-0.2, 0) is 12.6 Å². The summed E-state index contributed by atoms with van der Waals surface area (Å²) in [7, 11) is 0. The Balaban J connectivity index is 1.47. The molecule has 0 saturated carbocycles. The van der Waals surface area contributed by atoms with Crippen LogP contribution in [0.5, 0.6) is 0 Å². The highest BCUT2D eigenvalue weighted by Gasteiger charge is 2.38. The van der Waals surface area contributed by atoms with Crippen molar-refractivity contribution < 1.29 is 17.6 Å². The lowest BCUT2D eigenvalue weighted by atomic mass is 10.00. The first kappa shape index (κ1) is 19.4. The van der Waals surface area contributed by atoms with E-state index in [1.807, 2.05) is 0 Å². The molecular weight excluding hydrogens is 439 g/mol. The number of halogens is 3. The number of rotatable bonds is 3. The summed E-state index contributed by atoms with van der Waals surface area (Å²) in [5.41, 5.74) is 1.48. The molecule has 10 nitrogen and oxygen atoms in total. The highest BCUT2D eigenvalue weighted by Crippen LogP contribution is 2.38. The topological polar surface area (TPSA) is 114 Å². The second-order valence-corrected chi connectivity index (χ2v) is 7.41. The highest BCUT2D eigenvalue weighted by molar-refractivity contribution is 5.59. The molecule has 1 aliphatic heterocycles. The van der Waals surface area contributed by atoms with Gasteiger partial charge in [0.15, 0.2) is 0 Å². The molecule has 5 aromatic rings. The highest BCUT2D eigenvalue weighted by atomic mass is 19.4. The monoisotopic (exact) mass is 453 g/mol. The normalized spacial score (nSPS) is 16.3. The Bertz CT molecular complexity index is 1440. The minimum Gasteiger partial charge on any atom is -0.401 e. The predicted octanol–water partition coefficient (Wildman–Crippen LogP) is 3.07. The summed E-state index contributed by atoms with van der Waals surface area (Å²) < 4.78 is 47.7. The van der Waals surface area contributed by atoms with Crippen LogP contribution in [0.2, 0.25) is 0 Å². The van der Waals surface area contributed by atoms with Crippen molar-refractivity contribution in [2.75, 3.05) is 11.4 Å². The fourth-order valence-corrected chi connectivity index (χ4v) is 4.03. The van der Waals surface area contributed by atoms with Gasteiger partial charge in [-0.1, -0.05) is 5.10 Å². The molecule has 13 heteroatoms. The van der Waals surface area contributed by atoms with E-state index in [0.717, 1.165) is 11.8 Å². The van der Waals surface area contributed by atoms with Crippen molar-refractivity contribution in [2.24, 2.45) is 0 Å². The molecule has 33 heavy (non-hydrogen) atoms. The van der Waals surface area contributed by atoms with Crippen molar-refractivity contribution in [3.8, 4) is 11.6 Å². The second kappa shape index (κ2) is 7.12. The molecule has 5 aromatic heterocycles. The minimum atomic E-state index is -4.51. The number of pyridine rings is 1. The SMILES string of the molecule is FC(F)(F)c1cccn2nc([C@H]3c4nc[nH]c4CCN3c3nnc(-c4cnccn4)o3)cc12. The molecule has 1 atom stereocenters. The number of imidazole rings is 1. The number of aromatic nitrogens is 8. The Morgan fingerprint density at radius 3 is 2.88 bits per heavy atom. The molecule has 1 aliphatic rings. The van der Waals surface area contributed by atoms with Gasteiger partial charge in [0.2, 0.25) is 0 Å². The number of anilines is 1. The van der Waals surface area contributed by atoms with Crippen molar-refractivity contribution in [1.29, 1.82) is 0 Å². The van der Waals surface area contributed by atoms with Crippen LogP contribution >= 0.6 is 0 Å². The molecule has 6 heterocycles. The average molecular weight is 453 g/mol. The zero-order valence-electron chi connectivity index (χ0n) is 16.7. The number of nitrogens with zero attached hydrogens (tertiary/aromatic N) is 8. The maximum atomic E-state index is 13.6. The first-order valence-electron chi connectivity index (χ1n) is 9.93. The van der Waals surface area contributed by atoms with Gasteiger partial charge in [-0.2, -0.15) is 18.3 Å². The summed E-state index contributed by atoms with van der Waals surface area (Å²) in [4.78, 5) is 17.4. The van der Waals surface area contributed by atoms with Gasteiger partial charge in [0.25, 0.3) is 5.89 Å². The van der Waals surface area contributed by atoms with Crippen LogP contribution in [0, 0.1) is 0 Å². The molecule has 0 unspecified atom stereocenters. The molecule has 0 aromatic carbocycles. The van der Waals surface area contributed by atoms with Crippen molar-refractivity contribution in [3.63, 3.8) is 0 Å². The van der Waals surface area contributed by atoms with E-state index in [0.29, 0.717) is 30.0 Å². The lowest BCUT2D eigenvalue weighted by molar-refractivity contribution is -0.136. The van der Waals surface area contributed by atoms with Gasteiger partial charge in [-0.15, -0.1) is 5.10 Å². The smallest absolute Gasteiger partial charge is 0.401 e. The lowest BCUT2D eigenvalue weighted by Crippen LogP contribution is -2.36. The molecular formula is C20H14F3N9O. The van der Waals surface area contributed by atoms with Crippen LogP contribution in [0.15, 0.2) is 53.7 Å². The van der Waals surface area contributed by atoms with Crippen LogP contribution in [0.3, 0.4) is 0 Å². The molecule has 0 saturated heterocycles. The third-order valence-electron chi connectivity index (χ3n) is 5.47. The molecule has 1 N–H and O–H groups in total. The van der Waals surface area contributed by atoms with Gasteiger partial charge >= 0.3 is 12.2 Å². The van der Waals surface area contributed by atoms with Gasteiger partial charge in [0.1, 0.15) is 11.7 Å². The van der Waals surface area contributed by atoms with Crippen molar-refractivity contribution in [1.82, 2.24) is 39.7 Å². The molecule has 0 fully saturated rings. The first-order valence-corrected chi connectivity index (χ1v) is 9.93. The van der Waals surface area contributed by atoms with E-state index in [2.05, 4.69) is 35.2 Å². The largest absolute Gasteiger partial charge is 0.418 e. The molecule has 0 radical (unpaired) electrons. The second-order valence-electron chi connectivity index (χ2n) is 7.41. The van der Waals surface area contributed by atoms with Gasteiger partial charge in [0.05, 0.1) is 35.0 Å². The summed E-state index contributed by atoms with van der Waals surface area (Å²) >= 11 is 0. The third-order valence-corrected chi connectivity index (χ3v) is 5.47. The zero-order valence-corrected chi connectivity index (χ0v) is 16.7. The van der Waals surface area contributed by atoms with Crippen molar-refractivity contribution in [2.45, 2.75) is 18.6 Å². The minimum absolute atomic E-state index is 0.0478. The fraction of sp³-hybridized carbons (Fsp3) is 0.200. The number of nitrogens with one attached hydrogen (secondary N) is 1. The van der Waals surface area contributed by atoms with Crippen LogP contribution in [0.4, 0.5) is 19.2 Å². The van der Waals surface area contributed by atoms with Gasteiger partial charge < -0.3 is 14.3 Å². The van der Waals surface area contributed by atoms with E-state index in [4.69, 9.17) is 4.42 Å². The van der Waals surface area contributed by atoms with E-state index in [9.17, 15) is 13.2 Å². The quantitative estimate of drug-likeness (QED) is 0.443. The molecule has 0 bridgehead atoms. The summed E-state index contributed by atoms with van der Waals surface area (Å²) in [5, 5.41) is 12.6. The maximum Gasteiger partial charge on any atom is 0.418 e. The number of alkyl halides is 3. The Labute approximate surface area is 183 Å². The lowest BCUT2D eigenvalue weighted by Gasteiger charge is -2.32. The average Bonchev–Trinajstić information content (AvgIpc) is 3.56. The summed E-state index contributed by atoms with van der Waals surface area (Å²) in [6.07, 6.45) is 3.66. The Kier molecular flexibility index (Phi) is 4.18. The van der Waals surface area contributed by atoms with E-state index in [1.54, 1.807) is 11.2 Å². The Morgan fingerprint density at radius 1 is 1.15 bits per heavy atom. The molecule has 6 rings (SSSR count). The van der Waals surface area contributed by atoms with Gasteiger partial charge in [-0.25, -0.2) is 14.5 Å². The van der Waals surface area contributed by atoms with Crippen LogP contribution in [-0.4, -0.2) is 46.3 Å². The summed E-state index contributed by atoms with van der Waals surface area (Å²) in [5.74, 6) is 0.180. The van der Waals surface area contributed by atoms with Gasteiger partial charge in [-0.05, 0) is 18.2 Å². The maximum absolute atomic E-state index is 13.6. The fourth-order valence-electron chi connectivity index (χ4n) is 4.03. The predicted molar refractivity (Wildman–Crippen MR) is 107 cm³/mol. The molecule has 0 spiro atoms. The van der Waals surface area contributed by atoms with Gasteiger partial charge in [0, 0.05) is 37.3 Å². The number of aromatic amines is 1. The number of hydrogen-bond acceptors (Lipinski definition) is 8. The zero-order chi connectivity index (χ0) is 22.6. The van der Waals surface area contributed by atoms with E-state index < -0.39 is 17.8 Å². The Hall–Kier alpha value is -4.29. The Morgan fingerprint density at radius 2 is 2.06 bits per heavy atom. The summed E-state index contributed by atoms with van der Waals surface area (Å²) in [6, 6.07) is 3.32. The van der Waals surface area contributed by atoms with E-state index in [1.165, 1.54) is 41.4 Å². The van der Waals surface area contributed by atoms with Crippen molar-refractivity contribution >= 4 is 11.5 Å². The van der Waals surface area contributed by atoms with Gasteiger partial charge in [-0.3, -0.25) is 4.98 Å². The number of hydrogen-bond donors (Lipinski definition) is 1. The van der Waals surface area contributed by atoms with Crippen LogP contribution in [0.25, 0.3) is 17.1 Å². The standard InChI is InChI=1S/C20H14F3N9O/c21-20(22,23)11-2-1-6-32-15(11)8-13(30-32)17-16-12(26-10-27-16)3-7-31(17)19-29-28-18(33-19)14-9-24-4-5-25-14/h1-2,4-6,8-10,17H,3,7H2,(H,26,27)/t17-/m0/s1. The summed E-state index contributed by atoms with van der Waals surface area (Å²) in [6.45, 7) is 0.460. The molecule has 0 aliphatic carbocycles. The van der Waals surface area contributed by atoms with Crippen LogP contribution < -0.4 is 4.90 Å². The first-order chi connectivity index (χ1) is 16.0. The third kappa shape index (κ3) is 3.20. The molecule has 166 valence electrons. The number of H-pyrrole nitrogens is 1. The number of fused-ring (bicyclic) bond motifs is 2. The van der Waals surface area contributed by atoms with Crippen molar-refractivity contribution in [3.05, 3.63) is 72.0 Å². The van der Waals surface area contributed by atoms with E-state index >= 15 is 0 Å². The van der Waals surface area contributed by atoms with E-state index in [-0.39, 0.29) is 17.4 Å². The molecule has 0 amide bonds.